The number of hydrogen-bond acceptors (Lipinski definition) is 6. The third-order valence-electron chi connectivity index (χ3n) is 5.18. The average molecular weight is 539 g/mol. The van der Waals surface area contributed by atoms with Crippen LogP contribution in [-0.2, 0) is 11.2 Å². The van der Waals surface area contributed by atoms with Gasteiger partial charge in [-0.25, -0.2) is 0 Å². The molecule has 184 valence electrons. The van der Waals surface area contributed by atoms with Crippen LogP contribution in [0.25, 0.3) is 6.08 Å². The molecule has 1 N–H and O–H groups in total. The minimum Gasteiger partial charge on any atom is -0.490 e. The molecule has 1 heterocycles. The van der Waals surface area contributed by atoms with Gasteiger partial charge in [0, 0.05) is 6.42 Å². The highest BCUT2D eigenvalue weighted by molar-refractivity contribution is 8.26. The molecule has 4 rings (SSSR count). The van der Waals surface area contributed by atoms with Crippen LogP contribution in [0.5, 0.6) is 11.5 Å². The molecule has 0 unspecified atom stereocenters. The second-order valence-electron chi connectivity index (χ2n) is 7.66. The summed E-state index contributed by atoms with van der Waals surface area (Å²) in [6.07, 6.45) is 2.48. The van der Waals surface area contributed by atoms with Gasteiger partial charge in [0.05, 0.1) is 28.7 Å². The fourth-order valence-corrected chi connectivity index (χ4v) is 4.85. The highest BCUT2D eigenvalue weighted by Crippen LogP contribution is 2.34. The molecule has 6 nitrogen and oxygen atoms in total. The number of thioether (sulfide) groups is 1. The Hall–Kier alpha value is -3.33. The Kier molecular flexibility index (Phi) is 8.64. The lowest BCUT2D eigenvalue weighted by atomic mass is 10.1. The van der Waals surface area contributed by atoms with Gasteiger partial charge in [0.1, 0.15) is 0 Å². The zero-order valence-electron chi connectivity index (χ0n) is 19.4. The van der Waals surface area contributed by atoms with Crippen molar-refractivity contribution in [2.75, 3.05) is 13.2 Å². The second kappa shape index (κ2) is 12.1. The van der Waals surface area contributed by atoms with Gasteiger partial charge in [-0.3, -0.25) is 15.0 Å². The van der Waals surface area contributed by atoms with E-state index in [0.717, 1.165) is 28.8 Å². The molecule has 0 radical (unpaired) electrons. The van der Waals surface area contributed by atoms with E-state index in [1.54, 1.807) is 30.3 Å². The Morgan fingerprint density at radius 3 is 2.56 bits per heavy atom. The first kappa shape index (κ1) is 25.8. The second-order valence-corrected chi connectivity index (χ2v) is 9.74. The molecule has 0 aromatic heterocycles. The summed E-state index contributed by atoms with van der Waals surface area (Å²) in [5.41, 5.74) is 4.73. The molecule has 36 heavy (non-hydrogen) atoms. The molecule has 9 heteroatoms. The molecule has 0 saturated carbocycles. The summed E-state index contributed by atoms with van der Waals surface area (Å²) in [7, 11) is 0. The predicted octanol–water partition coefficient (Wildman–Crippen LogP) is 5.91. The fourth-order valence-electron chi connectivity index (χ4n) is 3.45. The summed E-state index contributed by atoms with van der Waals surface area (Å²) in [5, 5.41) is 1.34. The normalized spacial score (nSPS) is 14.3. The van der Waals surface area contributed by atoms with E-state index in [4.69, 9.17) is 33.3 Å². The molecular formula is C27H23ClN2O4S2. The first-order valence-corrected chi connectivity index (χ1v) is 12.8. The molecule has 0 aliphatic carbocycles. The number of nitrogens with one attached hydrogen (secondary N) is 1. The van der Waals surface area contributed by atoms with Crippen LogP contribution in [0.4, 0.5) is 0 Å². The van der Waals surface area contributed by atoms with Crippen LogP contribution in [-0.4, -0.2) is 34.4 Å². The van der Waals surface area contributed by atoms with Gasteiger partial charge >= 0.3 is 0 Å². The third-order valence-corrected chi connectivity index (χ3v) is 6.81. The number of nitrogens with zero attached hydrogens (tertiary/aromatic N) is 1. The zero-order chi connectivity index (χ0) is 25.5. The minimum atomic E-state index is -0.520. The van der Waals surface area contributed by atoms with Gasteiger partial charge in [-0.1, -0.05) is 71.9 Å². The van der Waals surface area contributed by atoms with Gasteiger partial charge in [0.2, 0.25) is 0 Å². The Labute approximate surface area is 224 Å². The van der Waals surface area contributed by atoms with E-state index in [9.17, 15) is 9.59 Å². The van der Waals surface area contributed by atoms with Crippen LogP contribution in [0.2, 0.25) is 5.02 Å². The molecule has 0 spiro atoms. The number of ether oxygens (including phenoxy) is 2. The summed E-state index contributed by atoms with van der Waals surface area (Å²) in [5.74, 6) is 0.270. The van der Waals surface area contributed by atoms with Crippen molar-refractivity contribution >= 4 is 57.8 Å². The molecule has 3 aromatic rings. The van der Waals surface area contributed by atoms with Gasteiger partial charge in [-0.05, 0) is 60.6 Å². The van der Waals surface area contributed by atoms with Gasteiger partial charge in [0.15, 0.2) is 15.8 Å². The maximum atomic E-state index is 13.0. The van der Waals surface area contributed by atoms with Crippen molar-refractivity contribution in [1.29, 1.82) is 0 Å². The molecule has 1 saturated heterocycles. The number of halogens is 1. The lowest BCUT2D eigenvalue weighted by Crippen LogP contribution is -2.44. The van der Waals surface area contributed by atoms with E-state index in [1.807, 2.05) is 43.3 Å². The topological polar surface area (TPSA) is 67.9 Å². The molecule has 1 aliphatic heterocycles. The number of rotatable bonds is 9. The number of carbonyl (C=O) groups is 2. The van der Waals surface area contributed by atoms with E-state index in [0.29, 0.717) is 29.6 Å². The molecule has 1 fully saturated rings. The highest BCUT2D eigenvalue weighted by Gasteiger charge is 2.34. The molecule has 2 amide bonds. The van der Waals surface area contributed by atoms with Crippen LogP contribution < -0.4 is 14.9 Å². The largest absolute Gasteiger partial charge is 0.490 e. The summed E-state index contributed by atoms with van der Waals surface area (Å²) in [4.78, 5) is 25.9. The van der Waals surface area contributed by atoms with Gasteiger partial charge in [-0.15, -0.1) is 0 Å². The van der Waals surface area contributed by atoms with Gasteiger partial charge in [0.25, 0.3) is 11.8 Å². The maximum absolute atomic E-state index is 13.0. The van der Waals surface area contributed by atoms with Crippen LogP contribution >= 0.6 is 35.6 Å². The SMILES string of the molecule is CCOc1cc(/C=C2\SC(=S)N(NC(=O)c3ccccc3Cl)C2=O)ccc1OCCc1ccccc1. The van der Waals surface area contributed by atoms with Crippen LogP contribution in [0.15, 0.2) is 77.7 Å². The van der Waals surface area contributed by atoms with E-state index < -0.39 is 11.8 Å². The number of benzene rings is 3. The Balaban J connectivity index is 1.46. The van der Waals surface area contributed by atoms with E-state index in [-0.39, 0.29) is 14.9 Å². The number of hydrogen-bond donors (Lipinski definition) is 1. The fraction of sp³-hybridized carbons (Fsp3) is 0.148. The van der Waals surface area contributed by atoms with Crippen LogP contribution in [0, 0.1) is 0 Å². The Morgan fingerprint density at radius 1 is 1.06 bits per heavy atom. The molecule has 0 bridgehead atoms. The number of amides is 2. The first-order valence-electron chi connectivity index (χ1n) is 11.2. The lowest BCUT2D eigenvalue weighted by molar-refractivity contribution is -0.123. The number of thiocarbonyl (C=S) groups is 1. The van der Waals surface area contributed by atoms with Crippen molar-refractivity contribution in [2.45, 2.75) is 13.3 Å². The van der Waals surface area contributed by atoms with E-state index in [1.165, 1.54) is 5.56 Å². The number of carbonyl (C=O) groups excluding carboxylic acids is 2. The Morgan fingerprint density at radius 2 is 1.81 bits per heavy atom. The van der Waals surface area contributed by atoms with Crippen molar-refractivity contribution in [3.05, 3.63) is 99.4 Å². The number of hydrazine groups is 1. The molecule has 3 aromatic carbocycles. The van der Waals surface area contributed by atoms with Gasteiger partial charge in [-0.2, -0.15) is 5.01 Å². The maximum Gasteiger partial charge on any atom is 0.285 e. The van der Waals surface area contributed by atoms with Crippen molar-refractivity contribution < 1.29 is 19.1 Å². The van der Waals surface area contributed by atoms with Crippen LogP contribution in [0.3, 0.4) is 0 Å². The minimum absolute atomic E-state index is 0.220. The van der Waals surface area contributed by atoms with Crippen molar-refractivity contribution in [3.63, 3.8) is 0 Å². The smallest absolute Gasteiger partial charge is 0.285 e. The zero-order valence-corrected chi connectivity index (χ0v) is 21.8. The third kappa shape index (κ3) is 6.26. The summed E-state index contributed by atoms with van der Waals surface area (Å²) in [6.45, 7) is 2.87. The molecular weight excluding hydrogens is 516 g/mol. The summed E-state index contributed by atoms with van der Waals surface area (Å²) < 4.78 is 12.0. The summed E-state index contributed by atoms with van der Waals surface area (Å²) in [6, 6.07) is 22.2. The highest BCUT2D eigenvalue weighted by atomic mass is 35.5. The predicted molar refractivity (Wildman–Crippen MR) is 147 cm³/mol. The van der Waals surface area contributed by atoms with Gasteiger partial charge < -0.3 is 9.47 Å². The van der Waals surface area contributed by atoms with E-state index in [2.05, 4.69) is 17.6 Å². The van der Waals surface area contributed by atoms with Crippen molar-refractivity contribution in [2.24, 2.45) is 0 Å². The molecule has 0 atom stereocenters. The van der Waals surface area contributed by atoms with Crippen molar-refractivity contribution in [1.82, 2.24) is 10.4 Å². The first-order chi connectivity index (χ1) is 17.5. The van der Waals surface area contributed by atoms with Crippen molar-refractivity contribution in [3.8, 4) is 11.5 Å². The monoisotopic (exact) mass is 538 g/mol. The molecule has 1 aliphatic rings. The van der Waals surface area contributed by atoms with E-state index >= 15 is 0 Å². The quantitative estimate of drug-likeness (QED) is 0.270. The Bertz CT molecular complexity index is 1310. The lowest BCUT2D eigenvalue weighted by Gasteiger charge is -2.16. The van der Waals surface area contributed by atoms with Crippen LogP contribution in [0.1, 0.15) is 28.4 Å². The summed E-state index contributed by atoms with van der Waals surface area (Å²) >= 11 is 12.5. The standard InChI is InChI=1S/C27H23ClN2O4S2/c1-2-33-23-16-19(12-13-22(23)34-15-14-18-8-4-3-5-9-18)17-24-26(32)30(27(35)36-24)29-25(31)20-10-6-7-11-21(20)28/h3-13,16-17H,2,14-15H2,1H3,(H,29,31)/b24-17-. The average Bonchev–Trinajstić information content (AvgIpc) is 3.13.